The van der Waals surface area contributed by atoms with Gasteiger partial charge in [0.05, 0.1) is 5.56 Å². The fraction of sp³-hybridized carbons (Fsp3) is 0.133. The quantitative estimate of drug-likeness (QED) is 0.810. The molecule has 0 aliphatic carbocycles. The topological polar surface area (TPSA) is 55.1 Å². The summed E-state index contributed by atoms with van der Waals surface area (Å²) >= 11 is 0. The van der Waals surface area contributed by atoms with Crippen molar-refractivity contribution in [1.82, 2.24) is 0 Å². The van der Waals surface area contributed by atoms with E-state index in [9.17, 15) is 4.79 Å². The normalized spacial score (nSPS) is 10.1. The van der Waals surface area contributed by atoms with Gasteiger partial charge >= 0.3 is 0 Å². The van der Waals surface area contributed by atoms with Crippen LogP contribution >= 0.6 is 0 Å². The van der Waals surface area contributed by atoms with E-state index < -0.39 is 0 Å². The van der Waals surface area contributed by atoms with Gasteiger partial charge in [0.2, 0.25) is 0 Å². The molecule has 0 heterocycles. The molecule has 2 aromatic rings. The molecule has 0 radical (unpaired) electrons. The highest BCUT2D eigenvalue weighted by molar-refractivity contribution is 6.07. The zero-order valence-electron chi connectivity index (χ0n) is 10.3. The number of anilines is 2. The number of hydrogen-bond donors (Lipinski definition) is 2. The first-order valence-electron chi connectivity index (χ1n) is 5.95. The Balaban J connectivity index is 2.14. The van der Waals surface area contributed by atoms with Crippen LogP contribution in [0.4, 0.5) is 11.4 Å². The fourth-order valence-corrected chi connectivity index (χ4v) is 1.73. The summed E-state index contributed by atoms with van der Waals surface area (Å²) in [4.78, 5) is 12.0. The number of carbonyl (C=O) groups excluding carboxylic acids is 1. The summed E-state index contributed by atoms with van der Waals surface area (Å²) in [6, 6.07) is 14.8. The molecule has 0 fully saturated rings. The third-order valence-electron chi connectivity index (χ3n) is 2.83. The maximum Gasteiger partial charge on any atom is 0.257 e. The second-order valence-electron chi connectivity index (χ2n) is 4.09. The molecule has 0 saturated heterocycles. The number of aryl methyl sites for hydroxylation is 1. The van der Waals surface area contributed by atoms with Gasteiger partial charge < -0.3 is 11.1 Å². The first-order chi connectivity index (χ1) is 8.70. The number of nitrogens with one attached hydrogen (secondary N) is 1. The molecule has 0 saturated carbocycles. The monoisotopic (exact) mass is 240 g/mol. The third kappa shape index (κ3) is 2.69. The van der Waals surface area contributed by atoms with Gasteiger partial charge in [0, 0.05) is 11.4 Å². The molecule has 3 N–H and O–H groups in total. The van der Waals surface area contributed by atoms with E-state index in [4.69, 9.17) is 5.73 Å². The van der Waals surface area contributed by atoms with E-state index in [2.05, 4.69) is 12.2 Å². The predicted molar refractivity (Wildman–Crippen MR) is 74.6 cm³/mol. The van der Waals surface area contributed by atoms with Crippen molar-refractivity contribution in [2.24, 2.45) is 0 Å². The molecule has 3 nitrogen and oxygen atoms in total. The summed E-state index contributed by atoms with van der Waals surface area (Å²) in [6.07, 6.45) is 0.986. The molecule has 0 unspecified atom stereocenters. The number of amides is 1. The Labute approximate surface area is 107 Å². The Morgan fingerprint density at radius 3 is 2.39 bits per heavy atom. The molecule has 0 aliphatic rings. The van der Waals surface area contributed by atoms with Crippen molar-refractivity contribution in [3.05, 3.63) is 59.7 Å². The molecular weight excluding hydrogens is 224 g/mol. The van der Waals surface area contributed by atoms with Gasteiger partial charge in [-0.1, -0.05) is 31.2 Å². The van der Waals surface area contributed by atoms with Crippen LogP contribution in [-0.2, 0) is 6.42 Å². The molecule has 2 aromatic carbocycles. The maximum atomic E-state index is 12.0. The maximum absolute atomic E-state index is 12.0. The van der Waals surface area contributed by atoms with Crippen LogP contribution in [0.5, 0.6) is 0 Å². The van der Waals surface area contributed by atoms with Crippen LogP contribution in [0.2, 0.25) is 0 Å². The summed E-state index contributed by atoms with van der Waals surface area (Å²) in [5.41, 5.74) is 8.76. The summed E-state index contributed by atoms with van der Waals surface area (Å²) in [6.45, 7) is 2.10. The smallest absolute Gasteiger partial charge is 0.257 e. The molecule has 0 aliphatic heterocycles. The number of rotatable bonds is 3. The highest BCUT2D eigenvalue weighted by atomic mass is 16.1. The second kappa shape index (κ2) is 5.36. The molecule has 18 heavy (non-hydrogen) atoms. The van der Waals surface area contributed by atoms with Crippen molar-refractivity contribution in [2.75, 3.05) is 11.1 Å². The van der Waals surface area contributed by atoms with Crippen molar-refractivity contribution in [1.29, 1.82) is 0 Å². The van der Waals surface area contributed by atoms with Crippen molar-refractivity contribution in [3.8, 4) is 0 Å². The minimum absolute atomic E-state index is 0.183. The Bertz CT molecular complexity index is 547. The second-order valence-corrected chi connectivity index (χ2v) is 4.09. The van der Waals surface area contributed by atoms with Crippen LogP contribution in [-0.4, -0.2) is 5.91 Å². The molecule has 92 valence electrons. The van der Waals surface area contributed by atoms with Gasteiger partial charge in [-0.15, -0.1) is 0 Å². The number of nitrogens with two attached hydrogens (primary N) is 1. The zero-order chi connectivity index (χ0) is 13.0. The highest BCUT2D eigenvalue weighted by Gasteiger charge is 2.08. The lowest BCUT2D eigenvalue weighted by Crippen LogP contribution is -2.13. The Morgan fingerprint density at radius 1 is 1.11 bits per heavy atom. The van der Waals surface area contributed by atoms with Crippen LogP contribution in [0.15, 0.2) is 48.5 Å². The van der Waals surface area contributed by atoms with E-state index >= 15 is 0 Å². The van der Waals surface area contributed by atoms with Gasteiger partial charge in [-0.2, -0.15) is 0 Å². The number of benzene rings is 2. The van der Waals surface area contributed by atoms with E-state index in [-0.39, 0.29) is 5.91 Å². The lowest BCUT2D eigenvalue weighted by Gasteiger charge is -2.07. The van der Waals surface area contributed by atoms with Crippen molar-refractivity contribution < 1.29 is 4.79 Å². The largest absolute Gasteiger partial charge is 0.398 e. The standard InChI is InChI=1S/C15H16N2O/c1-2-11-7-9-12(10-8-11)17-15(18)13-5-3-4-6-14(13)16/h3-10H,2,16H2,1H3,(H,17,18). The lowest BCUT2D eigenvalue weighted by molar-refractivity contribution is 0.102. The van der Waals surface area contributed by atoms with E-state index in [1.54, 1.807) is 18.2 Å². The SMILES string of the molecule is CCc1ccc(NC(=O)c2ccccc2N)cc1. The van der Waals surface area contributed by atoms with E-state index in [0.717, 1.165) is 12.1 Å². The number of para-hydroxylation sites is 1. The van der Waals surface area contributed by atoms with Crippen molar-refractivity contribution >= 4 is 17.3 Å². The summed E-state index contributed by atoms with van der Waals surface area (Å²) < 4.78 is 0. The molecule has 0 spiro atoms. The minimum Gasteiger partial charge on any atom is -0.398 e. The predicted octanol–water partition coefficient (Wildman–Crippen LogP) is 3.08. The van der Waals surface area contributed by atoms with E-state index in [1.165, 1.54) is 5.56 Å². The van der Waals surface area contributed by atoms with Gasteiger partial charge in [-0.3, -0.25) is 4.79 Å². The zero-order valence-corrected chi connectivity index (χ0v) is 10.3. The number of nitrogen functional groups attached to an aromatic ring is 1. The molecule has 2 rings (SSSR count). The first kappa shape index (κ1) is 12.2. The Kier molecular flexibility index (Phi) is 3.63. The summed E-state index contributed by atoms with van der Waals surface area (Å²) in [5.74, 6) is -0.183. The van der Waals surface area contributed by atoms with Crippen molar-refractivity contribution in [3.63, 3.8) is 0 Å². The molecule has 1 amide bonds. The summed E-state index contributed by atoms with van der Waals surface area (Å²) in [7, 11) is 0. The number of carbonyl (C=O) groups is 1. The van der Waals surface area contributed by atoms with E-state index in [1.807, 2.05) is 30.3 Å². The lowest BCUT2D eigenvalue weighted by atomic mass is 10.1. The van der Waals surface area contributed by atoms with Gasteiger partial charge in [0.15, 0.2) is 0 Å². The average Bonchev–Trinajstić information content (AvgIpc) is 2.40. The van der Waals surface area contributed by atoms with E-state index in [0.29, 0.717) is 11.3 Å². The Hall–Kier alpha value is -2.29. The third-order valence-corrected chi connectivity index (χ3v) is 2.83. The molecule has 0 aromatic heterocycles. The minimum atomic E-state index is -0.183. The number of hydrogen-bond acceptors (Lipinski definition) is 2. The van der Waals surface area contributed by atoms with Crippen LogP contribution in [0.25, 0.3) is 0 Å². The van der Waals surface area contributed by atoms with Crippen LogP contribution < -0.4 is 11.1 Å². The fourth-order valence-electron chi connectivity index (χ4n) is 1.73. The Morgan fingerprint density at radius 2 is 1.78 bits per heavy atom. The molecule has 3 heteroatoms. The average molecular weight is 240 g/mol. The van der Waals surface area contributed by atoms with Gasteiger partial charge in [0.25, 0.3) is 5.91 Å². The highest BCUT2D eigenvalue weighted by Crippen LogP contribution is 2.15. The molecule has 0 atom stereocenters. The van der Waals surface area contributed by atoms with Crippen LogP contribution in [0.1, 0.15) is 22.8 Å². The molecular formula is C15H16N2O. The van der Waals surface area contributed by atoms with Crippen molar-refractivity contribution in [2.45, 2.75) is 13.3 Å². The van der Waals surface area contributed by atoms with Crippen LogP contribution in [0, 0.1) is 0 Å². The van der Waals surface area contributed by atoms with Gasteiger partial charge in [-0.25, -0.2) is 0 Å². The van der Waals surface area contributed by atoms with Gasteiger partial charge in [-0.05, 0) is 36.2 Å². The van der Waals surface area contributed by atoms with Gasteiger partial charge in [0.1, 0.15) is 0 Å². The van der Waals surface area contributed by atoms with Crippen LogP contribution in [0.3, 0.4) is 0 Å². The first-order valence-corrected chi connectivity index (χ1v) is 5.95. The summed E-state index contributed by atoms with van der Waals surface area (Å²) in [5, 5.41) is 2.83. The molecule has 0 bridgehead atoms.